The number of piperazine rings is 1. The van der Waals surface area contributed by atoms with Gasteiger partial charge in [-0.1, -0.05) is 0 Å². The van der Waals surface area contributed by atoms with Crippen LogP contribution in [0.3, 0.4) is 0 Å². The molecule has 1 atom stereocenters. The molecule has 1 aliphatic rings. The van der Waals surface area contributed by atoms with Crippen LogP contribution in [0.1, 0.15) is 6.92 Å². The Morgan fingerprint density at radius 2 is 2.23 bits per heavy atom. The van der Waals surface area contributed by atoms with Crippen molar-refractivity contribution < 1.29 is 0 Å². The van der Waals surface area contributed by atoms with Gasteiger partial charge in [-0.15, -0.1) is 0 Å². The summed E-state index contributed by atoms with van der Waals surface area (Å²) < 4.78 is 2.34. The Labute approximate surface area is 161 Å². The van der Waals surface area contributed by atoms with E-state index in [2.05, 4.69) is 49.0 Å². The summed E-state index contributed by atoms with van der Waals surface area (Å²) in [5.74, 6) is 0.625. The van der Waals surface area contributed by atoms with E-state index >= 15 is 0 Å². The van der Waals surface area contributed by atoms with Gasteiger partial charge in [-0.2, -0.15) is 5.26 Å². The van der Waals surface area contributed by atoms with Gasteiger partial charge in [0, 0.05) is 43.4 Å². The molecule has 3 heterocycles. The fourth-order valence-corrected chi connectivity index (χ4v) is 3.72. The molecule has 7 nitrogen and oxygen atoms in total. The number of pyridine rings is 2. The summed E-state index contributed by atoms with van der Waals surface area (Å²) in [4.78, 5) is 21.1. The summed E-state index contributed by atoms with van der Waals surface area (Å²) in [6.45, 7) is 5.22. The van der Waals surface area contributed by atoms with Crippen LogP contribution in [0.4, 0.5) is 17.2 Å². The minimum Gasteiger partial charge on any atom is -0.365 e. The fourth-order valence-electron chi connectivity index (χ4n) is 3.19. The SMILES string of the molecule is C[C@H]1CN(CC#N)CCN1c1ccc(Nc2cc(Br)cn(C)c2=O)nc1. The van der Waals surface area contributed by atoms with E-state index in [4.69, 9.17) is 5.26 Å². The molecule has 1 N–H and O–H groups in total. The second kappa shape index (κ2) is 7.89. The number of aromatic nitrogens is 2. The maximum atomic E-state index is 12.2. The lowest BCUT2D eigenvalue weighted by molar-refractivity contribution is 0.253. The van der Waals surface area contributed by atoms with Crippen LogP contribution in [-0.2, 0) is 7.05 Å². The van der Waals surface area contributed by atoms with E-state index in [-0.39, 0.29) is 5.56 Å². The zero-order valence-corrected chi connectivity index (χ0v) is 16.4. The van der Waals surface area contributed by atoms with Crippen LogP contribution < -0.4 is 15.8 Å². The first-order valence-electron chi connectivity index (χ1n) is 8.43. The summed E-state index contributed by atoms with van der Waals surface area (Å²) in [5, 5.41) is 11.9. The molecule has 0 amide bonds. The van der Waals surface area contributed by atoms with Gasteiger partial charge in [0.15, 0.2) is 0 Å². The zero-order valence-electron chi connectivity index (χ0n) is 14.8. The Morgan fingerprint density at radius 1 is 1.42 bits per heavy atom. The van der Waals surface area contributed by atoms with Gasteiger partial charge in [-0.3, -0.25) is 9.69 Å². The monoisotopic (exact) mass is 416 g/mol. The van der Waals surface area contributed by atoms with Crippen molar-refractivity contribution in [2.75, 3.05) is 36.4 Å². The Kier molecular flexibility index (Phi) is 5.59. The van der Waals surface area contributed by atoms with Crippen molar-refractivity contribution in [3.05, 3.63) is 45.4 Å². The summed E-state index contributed by atoms with van der Waals surface area (Å²) in [6, 6.07) is 8.16. The minimum atomic E-state index is -0.110. The largest absolute Gasteiger partial charge is 0.365 e. The molecule has 0 radical (unpaired) electrons. The molecular weight excluding hydrogens is 396 g/mol. The van der Waals surface area contributed by atoms with E-state index in [1.165, 1.54) is 4.57 Å². The standard InChI is InChI=1S/C18H21BrN6O/c1-13-11-24(6-5-20)7-8-25(13)15-3-4-17(21-10-15)22-16-9-14(19)12-23(2)18(16)26/h3-4,9-10,12-13H,6-8,11H2,1-2H3,(H,21,22)/t13-/m0/s1. The molecule has 0 aromatic carbocycles. The maximum Gasteiger partial charge on any atom is 0.274 e. The lowest BCUT2D eigenvalue weighted by Gasteiger charge is -2.40. The molecule has 26 heavy (non-hydrogen) atoms. The molecule has 0 bridgehead atoms. The zero-order chi connectivity index (χ0) is 18.7. The first-order valence-corrected chi connectivity index (χ1v) is 9.22. The Balaban J connectivity index is 1.72. The molecule has 0 aliphatic carbocycles. The molecule has 1 saturated heterocycles. The normalized spacial score (nSPS) is 17.8. The van der Waals surface area contributed by atoms with Crippen LogP contribution in [0.15, 0.2) is 39.9 Å². The average molecular weight is 417 g/mol. The lowest BCUT2D eigenvalue weighted by Crippen LogP contribution is -2.52. The van der Waals surface area contributed by atoms with Crippen LogP contribution in [0.25, 0.3) is 0 Å². The quantitative estimate of drug-likeness (QED) is 0.770. The summed E-state index contributed by atoms with van der Waals surface area (Å²) in [7, 11) is 1.71. The molecular formula is C18H21BrN6O. The number of aryl methyl sites for hydroxylation is 1. The third-order valence-electron chi connectivity index (χ3n) is 4.50. The number of hydrogen-bond donors (Lipinski definition) is 1. The first kappa shape index (κ1) is 18.4. The van der Waals surface area contributed by atoms with Crippen molar-refractivity contribution in [1.82, 2.24) is 14.5 Å². The smallest absolute Gasteiger partial charge is 0.274 e. The number of nitriles is 1. The van der Waals surface area contributed by atoms with Gasteiger partial charge in [0.2, 0.25) is 0 Å². The van der Waals surface area contributed by atoms with Crippen LogP contribution in [0.2, 0.25) is 0 Å². The van der Waals surface area contributed by atoms with E-state index in [9.17, 15) is 4.79 Å². The van der Waals surface area contributed by atoms with Crippen molar-refractivity contribution in [1.29, 1.82) is 5.26 Å². The molecule has 1 aliphatic heterocycles. The highest BCUT2D eigenvalue weighted by Crippen LogP contribution is 2.22. The van der Waals surface area contributed by atoms with E-state index in [0.717, 1.165) is 29.8 Å². The second-order valence-electron chi connectivity index (χ2n) is 6.45. The van der Waals surface area contributed by atoms with Gasteiger partial charge < -0.3 is 14.8 Å². The van der Waals surface area contributed by atoms with Crippen molar-refractivity contribution in [3.63, 3.8) is 0 Å². The van der Waals surface area contributed by atoms with Crippen LogP contribution in [-0.4, -0.2) is 46.7 Å². The molecule has 8 heteroatoms. The molecule has 1 fully saturated rings. The molecule has 2 aromatic rings. The topological polar surface area (TPSA) is 77.2 Å². The molecule has 2 aromatic heterocycles. The molecule has 0 saturated carbocycles. The van der Waals surface area contributed by atoms with Gasteiger partial charge in [0.05, 0.1) is 24.5 Å². The van der Waals surface area contributed by atoms with Crippen molar-refractivity contribution in [2.45, 2.75) is 13.0 Å². The molecule has 0 unspecified atom stereocenters. The number of rotatable bonds is 4. The second-order valence-corrected chi connectivity index (χ2v) is 7.37. The van der Waals surface area contributed by atoms with Crippen LogP contribution in [0, 0.1) is 11.3 Å². The Bertz CT molecular complexity index is 873. The number of halogens is 1. The average Bonchev–Trinajstić information content (AvgIpc) is 2.61. The number of nitrogens with one attached hydrogen (secondary N) is 1. The molecule has 0 spiro atoms. The van der Waals surface area contributed by atoms with Crippen molar-refractivity contribution >= 4 is 33.1 Å². The minimum absolute atomic E-state index is 0.110. The number of hydrogen-bond acceptors (Lipinski definition) is 6. The van der Waals surface area contributed by atoms with Crippen molar-refractivity contribution in [2.24, 2.45) is 7.05 Å². The van der Waals surface area contributed by atoms with Crippen molar-refractivity contribution in [3.8, 4) is 6.07 Å². The Hall–Kier alpha value is -2.37. The molecule has 3 rings (SSSR count). The number of nitrogens with zero attached hydrogens (tertiary/aromatic N) is 5. The van der Waals surface area contributed by atoms with E-state index in [1.54, 1.807) is 19.3 Å². The highest BCUT2D eigenvalue weighted by Gasteiger charge is 2.23. The van der Waals surface area contributed by atoms with Gasteiger partial charge in [-0.05, 0) is 41.1 Å². The van der Waals surface area contributed by atoms with Gasteiger partial charge in [0.1, 0.15) is 11.5 Å². The molecule has 136 valence electrons. The summed E-state index contributed by atoms with van der Waals surface area (Å²) in [6.07, 6.45) is 3.54. The first-order chi connectivity index (χ1) is 12.5. The van der Waals surface area contributed by atoms with E-state index in [0.29, 0.717) is 24.1 Å². The highest BCUT2D eigenvalue weighted by molar-refractivity contribution is 9.10. The predicted octanol–water partition coefficient (Wildman–Crippen LogP) is 2.32. The van der Waals surface area contributed by atoms with E-state index < -0.39 is 0 Å². The number of anilines is 3. The summed E-state index contributed by atoms with van der Waals surface area (Å²) >= 11 is 3.40. The Morgan fingerprint density at radius 3 is 2.88 bits per heavy atom. The maximum absolute atomic E-state index is 12.2. The third kappa shape index (κ3) is 4.06. The summed E-state index contributed by atoms with van der Waals surface area (Å²) in [5.41, 5.74) is 1.41. The fraction of sp³-hybridized carbons (Fsp3) is 0.389. The van der Waals surface area contributed by atoms with Crippen LogP contribution >= 0.6 is 15.9 Å². The van der Waals surface area contributed by atoms with Gasteiger partial charge in [0.25, 0.3) is 5.56 Å². The van der Waals surface area contributed by atoms with Gasteiger partial charge >= 0.3 is 0 Å². The highest BCUT2D eigenvalue weighted by atomic mass is 79.9. The third-order valence-corrected chi connectivity index (χ3v) is 4.93. The lowest BCUT2D eigenvalue weighted by atomic mass is 10.1. The predicted molar refractivity (Wildman–Crippen MR) is 106 cm³/mol. The van der Waals surface area contributed by atoms with Gasteiger partial charge in [-0.25, -0.2) is 4.98 Å². The van der Waals surface area contributed by atoms with E-state index in [1.807, 2.05) is 18.3 Å². The van der Waals surface area contributed by atoms with Crippen LogP contribution in [0.5, 0.6) is 0 Å².